The van der Waals surface area contributed by atoms with E-state index in [1.54, 1.807) is 55.4 Å². The van der Waals surface area contributed by atoms with Crippen molar-refractivity contribution in [3.63, 3.8) is 0 Å². The van der Waals surface area contributed by atoms with Crippen LogP contribution in [0.5, 0.6) is 0 Å². The number of hydrogen-bond acceptors (Lipinski definition) is 3. The number of anilines is 3. The molecule has 0 aromatic heterocycles. The lowest BCUT2D eigenvalue weighted by molar-refractivity contribution is -0.114. The Morgan fingerprint density at radius 3 is 2.52 bits per heavy atom. The van der Waals surface area contributed by atoms with Crippen molar-refractivity contribution in [2.75, 3.05) is 23.9 Å². The molecule has 0 aliphatic carbocycles. The SMILES string of the molecule is CN1C(=O)C(=O)c2ccc(N(C)c3ccccc3F)cc21. The minimum Gasteiger partial charge on any atom is -0.342 e. The zero-order valence-corrected chi connectivity index (χ0v) is 11.6. The van der Waals surface area contributed by atoms with Crippen LogP contribution in [-0.2, 0) is 4.79 Å². The van der Waals surface area contributed by atoms with Crippen molar-refractivity contribution >= 4 is 28.8 Å². The van der Waals surface area contributed by atoms with E-state index in [2.05, 4.69) is 0 Å². The van der Waals surface area contributed by atoms with Crippen molar-refractivity contribution < 1.29 is 14.0 Å². The van der Waals surface area contributed by atoms with Gasteiger partial charge in [-0.05, 0) is 30.3 Å². The fourth-order valence-corrected chi connectivity index (χ4v) is 2.44. The fourth-order valence-electron chi connectivity index (χ4n) is 2.44. The summed E-state index contributed by atoms with van der Waals surface area (Å²) in [6.07, 6.45) is 0. The lowest BCUT2D eigenvalue weighted by Crippen LogP contribution is -2.24. The van der Waals surface area contributed by atoms with E-state index in [0.29, 0.717) is 22.6 Å². The normalized spacial score (nSPS) is 13.6. The summed E-state index contributed by atoms with van der Waals surface area (Å²) in [5, 5.41) is 0. The molecule has 106 valence electrons. The van der Waals surface area contributed by atoms with Gasteiger partial charge in [0, 0.05) is 19.8 Å². The van der Waals surface area contributed by atoms with Crippen molar-refractivity contribution in [2.24, 2.45) is 0 Å². The molecule has 2 aromatic rings. The number of rotatable bonds is 2. The van der Waals surface area contributed by atoms with Gasteiger partial charge in [0.25, 0.3) is 11.7 Å². The first kappa shape index (κ1) is 13.3. The number of carbonyl (C=O) groups is 2. The number of halogens is 1. The highest BCUT2D eigenvalue weighted by molar-refractivity contribution is 6.52. The van der Waals surface area contributed by atoms with Gasteiger partial charge < -0.3 is 9.80 Å². The highest BCUT2D eigenvalue weighted by atomic mass is 19.1. The van der Waals surface area contributed by atoms with Crippen LogP contribution in [-0.4, -0.2) is 25.8 Å². The molecule has 1 heterocycles. The van der Waals surface area contributed by atoms with Crippen molar-refractivity contribution in [3.05, 3.63) is 53.8 Å². The van der Waals surface area contributed by atoms with Crippen LogP contribution in [0.1, 0.15) is 10.4 Å². The lowest BCUT2D eigenvalue weighted by atomic mass is 10.1. The molecule has 5 heteroatoms. The molecule has 0 fully saturated rings. The molecule has 1 aliphatic heterocycles. The maximum Gasteiger partial charge on any atom is 0.299 e. The molecular formula is C16H13FN2O2. The smallest absolute Gasteiger partial charge is 0.299 e. The third-order valence-electron chi connectivity index (χ3n) is 3.69. The summed E-state index contributed by atoms with van der Waals surface area (Å²) in [7, 11) is 3.29. The molecule has 0 saturated carbocycles. The Morgan fingerprint density at radius 1 is 1.10 bits per heavy atom. The van der Waals surface area contributed by atoms with Crippen LogP contribution in [0.4, 0.5) is 21.5 Å². The number of nitrogens with zero attached hydrogens (tertiary/aromatic N) is 2. The van der Waals surface area contributed by atoms with E-state index in [9.17, 15) is 14.0 Å². The summed E-state index contributed by atoms with van der Waals surface area (Å²) < 4.78 is 13.8. The number of hydrogen-bond donors (Lipinski definition) is 0. The van der Waals surface area contributed by atoms with Crippen LogP contribution in [0.25, 0.3) is 0 Å². The molecule has 0 radical (unpaired) electrons. The molecule has 0 N–H and O–H groups in total. The van der Waals surface area contributed by atoms with Crippen LogP contribution in [0.3, 0.4) is 0 Å². The average molecular weight is 284 g/mol. The first-order valence-electron chi connectivity index (χ1n) is 6.45. The minimum absolute atomic E-state index is 0.332. The van der Waals surface area contributed by atoms with E-state index >= 15 is 0 Å². The first-order valence-corrected chi connectivity index (χ1v) is 6.45. The van der Waals surface area contributed by atoms with Gasteiger partial charge in [0.1, 0.15) is 5.82 Å². The van der Waals surface area contributed by atoms with Gasteiger partial charge >= 0.3 is 0 Å². The summed E-state index contributed by atoms with van der Waals surface area (Å²) in [6, 6.07) is 11.5. The number of ketones is 1. The predicted octanol–water partition coefficient (Wildman–Crippen LogP) is 2.75. The van der Waals surface area contributed by atoms with Gasteiger partial charge in [0.2, 0.25) is 0 Å². The van der Waals surface area contributed by atoms with Crippen molar-refractivity contribution in [1.82, 2.24) is 0 Å². The van der Waals surface area contributed by atoms with Gasteiger partial charge in [0.15, 0.2) is 0 Å². The molecular weight excluding hydrogens is 271 g/mol. The second-order valence-corrected chi connectivity index (χ2v) is 4.91. The molecule has 2 aromatic carbocycles. The zero-order valence-electron chi connectivity index (χ0n) is 11.6. The molecule has 0 saturated heterocycles. The van der Waals surface area contributed by atoms with Crippen LogP contribution < -0.4 is 9.80 Å². The summed E-state index contributed by atoms with van der Waals surface area (Å²) >= 11 is 0. The molecule has 0 atom stereocenters. The average Bonchev–Trinajstić information content (AvgIpc) is 2.71. The van der Waals surface area contributed by atoms with Gasteiger partial charge in [-0.2, -0.15) is 0 Å². The van der Waals surface area contributed by atoms with Crippen LogP contribution in [0.2, 0.25) is 0 Å². The standard InChI is InChI=1S/C16H13FN2O2/c1-18(13-6-4-3-5-12(13)17)10-7-8-11-14(9-10)19(2)16(21)15(11)20/h3-9H,1-2H3. The molecule has 4 nitrogen and oxygen atoms in total. The Morgan fingerprint density at radius 2 is 1.81 bits per heavy atom. The summed E-state index contributed by atoms with van der Waals surface area (Å²) in [5.74, 6) is -1.38. The van der Waals surface area contributed by atoms with E-state index in [4.69, 9.17) is 0 Å². The van der Waals surface area contributed by atoms with E-state index in [-0.39, 0.29) is 5.82 Å². The maximum absolute atomic E-state index is 13.8. The first-order chi connectivity index (χ1) is 10.0. The second kappa shape index (κ2) is 4.70. The molecule has 0 spiro atoms. The van der Waals surface area contributed by atoms with E-state index < -0.39 is 11.7 Å². The fraction of sp³-hybridized carbons (Fsp3) is 0.125. The summed E-state index contributed by atoms with van der Waals surface area (Å²) in [4.78, 5) is 26.4. The lowest BCUT2D eigenvalue weighted by Gasteiger charge is -2.21. The van der Waals surface area contributed by atoms with Gasteiger partial charge in [-0.1, -0.05) is 12.1 Å². The Balaban J connectivity index is 2.05. The largest absolute Gasteiger partial charge is 0.342 e. The number of benzene rings is 2. The van der Waals surface area contributed by atoms with Crippen molar-refractivity contribution in [3.8, 4) is 0 Å². The van der Waals surface area contributed by atoms with Gasteiger partial charge in [-0.25, -0.2) is 4.39 Å². The minimum atomic E-state index is -0.546. The molecule has 0 bridgehead atoms. The van der Waals surface area contributed by atoms with Gasteiger partial charge in [-0.3, -0.25) is 9.59 Å². The van der Waals surface area contributed by atoms with Crippen molar-refractivity contribution in [1.29, 1.82) is 0 Å². The Kier molecular flexibility index (Phi) is 2.97. The van der Waals surface area contributed by atoms with Crippen molar-refractivity contribution in [2.45, 2.75) is 0 Å². The highest BCUT2D eigenvalue weighted by Gasteiger charge is 2.33. The maximum atomic E-state index is 13.8. The second-order valence-electron chi connectivity index (χ2n) is 4.91. The third kappa shape index (κ3) is 1.98. The molecule has 0 unspecified atom stereocenters. The zero-order chi connectivity index (χ0) is 15.1. The van der Waals surface area contributed by atoms with E-state index in [1.165, 1.54) is 11.0 Å². The number of para-hydroxylation sites is 1. The van der Waals surface area contributed by atoms with Gasteiger partial charge in [0.05, 0.1) is 16.9 Å². The molecule has 1 amide bonds. The third-order valence-corrected chi connectivity index (χ3v) is 3.69. The van der Waals surface area contributed by atoms with Crippen LogP contribution >= 0.6 is 0 Å². The highest BCUT2D eigenvalue weighted by Crippen LogP contribution is 2.34. The number of carbonyl (C=O) groups excluding carboxylic acids is 2. The predicted molar refractivity (Wildman–Crippen MR) is 78.6 cm³/mol. The Hall–Kier alpha value is -2.69. The quantitative estimate of drug-likeness (QED) is 0.796. The Labute approximate surface area is 121 Å². The number of amides is 1. The summed E-state index contributed by atoms with van der Waals surface area (Å²) in [5.41, 5.74) is 2.06. The monoisotopic (exact) mass is 284 g/mol. The summed E-state index contributed by atoms with van der Waals surface area (Å²) in [6.45, 7) is 0. The van der Waals surface area contributed by atoms with E-state index in [0.717, 1.165) is 0 Å². The molecule has 21 heavy (non-hydrogen) atoms. The van der Waals surface area contributed by atoms with Crippen LogP contribution in [0, 0.1) is 5.82 Å². The van der Waals surface area contributed by atoms with Crippen LogP contribution in [0.15, 0.2) is 42.5 Å². The Bertz CT molecular complexity index is 758. The molecule has 1 aliphatic rings. The molecule has 3 rings (SSSR count). The number of likely N-dealkylation sites (N-methyl/N-ethyl adjacent to an activating group) is 1. The van der Waals surface area contributed by atoms with Gasteiger partial charge in [-0.15, -0.1) is 0 Å². The number of Topliss-reactive ketones (excluding diaryl/α,β-unsaturated/α-hetero) is 1. The number of fused-ring (bicyclic) bond motifs is 1. The van der Waals surface area contributed by atoms with E-state index in [1.807, 2.05) is 0 Å². The topological polar surface area (TPSA) is 40.6 Å².